The number of hydrogen-bond acceptors (Lipinski definition) is 3. The molecule has 0 aliphatic carbocycles. The van der Waals surface area contributed by atoms with Crippen LogP contribution in [0.15, 0.2) is 12.4 Å². The number of hydrogen-bond donors (Lipinski definition) is 1. The minimum Gasteiger partial charge on any atom is -0.356 e. The van der Waals surface area contributed by atoms with Crippen LogP contribution in [0.4, 0.5) is 5.95 Å². The van der Waals surface area contributed by atoms with Gasteiger partial charge in [-0.15, -0.1) is 0 Å². The summed E-state index contributed by atoms with van der Waals surface area (Å²) in [6.07, 6.45) is 6.69. The van der Waals surface area contributed by atoms with Crippen LogP contribution in [0.25, 0.3) is 0 Å². The SMILES string of the molecule is CCNc1nccn1CC(C)CN1CCCC1. The molecule has 1 aromatic rings. The number of rotatable bonds is 6. The first-order valence-corrected chi connectivity index (χ1v) is 6.77. The van der Waals surface area contributed by atoms with Gasteiger partial charge in [0.25, 0.3) is 0 Å². The van der Waals surface area contributed by atoms with Gasteiger partial charge in [-0.25, -0.2) is 4.98 Å². The van der Waals surface area contributed by atoms with E-state index < -0.39 is 0 Å². The maximum atomic E-state index is 4.33. The standard InChI is InChI=1S/C13H24N4/c1-3-14-13-15-6-9-17(13)11-12(2)10-16-7-4-5-8-16/h6,9,12H,3-5,7-8,10-11H2,1-2H3,(H,14,15). The van der Waals surface area contributed by atoms with E-state index in [-0.39, 0.29) is 0 Å². The quantitative estimate of drug-likeness (QED) is 0.820. The van der Waals surface area contributed by atoms with E-state index in [1.165, 1.54) is 32.5 Å². The molecule has 0 radical (unpaired) electrons. The van der Waals surface area contributed by atoms with Gasteiger partial charge < -0.3 is 14.8 Å². The molecule has 1 fully saturated rings. The molecule has 1 aromatic heterocycles. The zero-order chi connectivity index (χ0) is 12.1. The molecule has 17 heavy (non-hydrogen) atoms. The van der Waals surface area contributed by atoms with Gasteiger partial charge >= 0.3 is 0 Å². The Hall–Kier alpha value is -1.03. The Labute approximate surface area is 104 Å². The molecule has 0 bridgehead atoms. The van der Waals surface area contributed by atoms with E-state index in [0.717, 1.165) is 19.0 Å². The molecule has 0 aromatic carbocycles. The van der Waals surface area contributed by atoms with Crippen molar-refractivity contribution in [1.29, 1.82) is 0 Å². The fourth-order valence-corrected chi connectivity index (χ4v) is 2.58. The second-order valence-electron chi connectivity index (χ2n) is 5.05. The van der Waals surface area contributed by atoms with E-state index in [1.54, 1.807) is 0 Å². The number of likely N-dealkylation sites (tertiary alicyclic amines) is 1. The molecular weight excluding hydrogens is 212 g/mol. The Morgan fingerprint density at radius 1 is 1.35 bits per heavy atom. The molecule has 4 heteroatoms. The molecule has 0 saturated carbocycles. The Kier molecular flexibility index (Phi) is 4.42. The topological polar surface area (TPSA) is 33.1 Å². The van der Waals surface area contributed by atoms with Crippen LogP contribution in [-0.2, 0) is 6.54 Å². The number of nitrogens with one attached hydrogen (secondary N) is 1. The molecule has 1 saturated heterocycles. The molecule has 96 valence electrons. The molecule has 4 nitrogen and oxygen atoms in total. The fourth-order valence-electron chi connectivity index (χ4n) is 2.58. The molecule has 1 aliphatic rings. The van der Waals surface area contributed by atoms with Crippen molar-refractivity contribution in [3.63, 3.8) is 0 Å². The van der Waals surface area contributed by atoms with E-state index in [1.807, 2.05) is 6.20 Å². The summed E-state index contributed by atoms with van der Waals surface area (Å²) >= 11 is 0. The lowest BCUT2D eigenvalue weighted by Gasteiger charge is -2.21. The van der Waals surface area contributed by atoms with Crippen molar-refractivity contribution in [2.45, 2.75) is 33.2 Å². The lowest BCUT2D eigenvalue weighted by atomic mass is 10.1. The van der Waals surface area contributed by atoms with Crippen molar-refractivity contribution in [2.75, 3.05) is 31.5 Å². The summed E-state index contributed by atoms with van der Waals surface area (Å²) in [5.41, 5.74) is 0. The summed E-state index contributed by atoms with van der Waals surface area (Å²) in [7, 11) is 0. The molecular formula is C13H24N4. The molecule has 1 N–H and O–H groups in total. The molecule has 2 heterocycles. The third-order valence-electron chi connectivity index (χ3n) is 3.33. The van der Waals surface area contributed by atoms with Gasteiger partial charge in [-0.2, -0.15) is 0 Å². The van der Waals surface area contributed by atoms with E-state index in [9.17, 15) is 0 Å². The highest BCUT2D eigenvalue weighted by atomic mass is 15.2. The fraction of sp³-hybridized carbons (Fsp3) is 0.769. The van der Waals surface area contributed by atoms with Gasteiger partial charge in [0.2, 0.25) is 5.95 Å². The van der Waals surface area contributed by atoms with Crippen molar-refractivity contribution >= 4 is 5.95 Å². The molecule has 1 unspecified atom stereocenters. The van der Waals surface area contributed by atoms with Gasteiger partial charge in [0.1, 0.15) is 0 Å². The maximum Gasteiger partial charge on any atom is 0.202 e. The van der Waals surface area contributed by atoms with Crippen LogP contribution in [0.3, 0.4) is 0 Å². The first kappa shape index (κ1) is 12.4. The highest BCUT2D eigenvalue weighted by molar-refractivity contribution is 5.25. The van der Waals surface area contributed by atoms with E-state index in [4.69, 9.17) is 0 Å². The van der Waals surface area contributed by atoms with Crippen LogP contribution in [0.1, 0.15) is 26.7 Å². The smallest absolute Gasteiger partial charge is 0.202 e. The van der Waals surface area contributed by atoms with Gasteiger partial charge in [0.05, 0.1) is 0 Å². The van der Waals surface area contributed by atoms with E-state index in [0.29, 0.717) is 5.92 Å². The van der Waals surface area contributed by atoms with Gasteiger partial charge in [-0.3, -0.25) is 0 Å². The number of aromatic nitrogens is 2. The zero-order valence-electron chi connectivity index (χ0n) is 11.0. The van der Waals surface area contributed by atoms with Crippen molar-refractivity contribution < 1.29 is 0 Å². The lowest BCUT2D eigenvalue weighted by Crippen LogP contribution is -2.27. The Balaban J connectivity index is 1.83. The Morgan fingerprint density at radius 3 is 2.82 bits per heavy atom. The first-order valence-electron chi connectivity index (χ1n) is 6.77. The third-order valence-corrected chi connectivity index (χ3v) is 3.33. The summed E-state index contributed by atoms with van der Waals surface area (Å²) in [5.74, 6) is 1.68. The average molecular weight is 236 g/mol. The van der Waals surface area contributed by atoms with Crippen molar-refractivity contribution in [3.8, 4) is 0 Å². The summed E-state index contributed by atoms with van der Waals surface area (Å²) in [4.78, 5) is 6.91. The Bertz CT molecular complexity index is 328. The van der Waals surface area contributed by atoms with E-state index in [2.05, 4.69) is 39.8 Å². The first-order chi connectivity index (χ1) is 8.29. The second-order valence-corrected chi connectivity index (χ2v) is 5.05. The van der Waals surface area contributed by atoms with Crippen molar-refractivity contribution in [2.24, 2.45) is 5.92 Å². The van der Waals surface area contributed by atoms with Gasteiger partial charge in [0.15, 0.2) is 0 Å². The molecule has 2 rings (SSSR count). The van der Waals surface area contributed by atoms with Gasteiger partial charge in [0, 0.05) is 32.0 Å². The Morgan fingerprint density at radius 2 is 2.12 bits per heavy atom. The molecule has 1 atom stereocenters. The number of anilines is 1. The lowest BCUT2D eigenvalue weighted by molar-refractivity contribution is 0.272. The number of imidazole rings is 1. The van der Waals surface area contributed by atoms with Gasteiger partial charge in [-0.1, -0.05) is 6.92 Å². The second kappa shape index (κ2) is 6.05. The van der Waals surface area contributed by atoms with Gasteiger partial charge in [-0.05, 0) is 38.8 Å². The van der Waals surface area contributed by atoms with Crippen LogP contribution in [0, 0.1) is 5.92 Å². The minimum absolute atomic E-state index is 0.680. The minimum atomic E-state index is 0.680. The van der Waals surface area contributed by atoms with Crippen LogP contribution in [0.2, 0.25) is 0 Å². The third kappa shape index (κ3) is 3.46. The van der Waals surface area contributed by atoms with Crippen LogP contribution < -0.4 is 5.32 Å². The zero-order valence-corrected chi connectivity index (χ0v) is 11.0. The van der Waals surface area contributed by atoms with Crippen molar-refractivity contribution in [1.82, 2.24) is 14.5 Å². The summed E-state index contributed by atoms with van der Waals surface area (Å²) in [5, 5.41) is 3.29. The van der Waals surface area contributed by atoms with Crippen LogP contribution in [-0.4, -0.2) is 40.6 Å². The predicted molar refractivity (Wildman–Crippen MR) is 71.2 cm³/mol. The highest BCUT2D eigenvalue weighted by Gasteiger charge is 2.15. The predicted octanol–water partition coefficient (Wildman–Crippen LogP) is 2.05. The molecule has 0 amide bonds. The summed E-state index contributed by atoms with van der Waals surface area (Å²) < 4.78 is 2.23. The van der Waals surface area contributed by atoms with Crippen LogP contribution in [0.5, 0.6) is 0 Å². The number of nitrogens with zero attached hydrogens (tertiary/aromatic N) is 3. The summed E-state index contributed by atoms with van der Waals surface area (Å²) in [6.45, 7) is 10.2. The van der Waals surface area contributed by atoms with Crippen LogP contribution >= 0.6 is 0 Å². The summed E-state index contributed by atoms with van der Waals surface area (Å²) in [6, 6.07) is 0. The van der Waals surface area contributed by atoms with Crippen molar-refractivity contribution in [3.05, 3.63) is 12.4 Å². The monoisotopic (exact) mass is 236 g/mol. The molecule has 0 spiro atoms. The normalized spacial score (nSPS) is 18.5. The highest BCUT2D eigenvalue weighted by Crippen LogP contribution is 2.13. The average Bonchev–Trinajstić information content (AvgIpc) is 2.92. The largest absolute Gasteiger partial charge is 0.356 e. The van der Waals surface area contributed by atoms with E-state index >= 15 is 0 Å². The maximum absolute atomic E-state index is 4.33. The molecule has 1 aliphatic heterocycles.